The van der Waals surface area contributed by atoms with Crippen molar-refractivity contribution in [2.24, 2.45) is 0 Å². The number of esters is 4. The molecule has 0 saturated carbocycles. The number of hydrogen-bond acceptors (Lipinski definition) is 8. The summed E-state index contributed by atoms with van der Waals surface area (Å²) >= 11 is 0. The molecule has 0 N–H and O–H groups in total. The van der Waals surface area contributed by atoms with Crippen LogP contribution >= 0.6 is 0 Å². The van der Waals surface area contributed by atoms with Gasteiger partial charge in [0.15, 0.2) is 0 Å². The summed E-state index contributed by atoms with van der Waals surface area (Å²) in [5.41, 5.74) is 6.71. The van der Waals surface area contributed by atoms with Crippen molar-refractivity contribution in [3.05, 3.63) is 261 Å². The maximum atomic E-state index is 13.9. The molecular formula is C56H40O8. The number of benzene rings is 8. The molecule has 0 heterocycles. The number of rotatable bonds is 8. The molecule has 0 atom stereocenters. The normalized spacial score (nSPS) is 11.8. The Labute approximate surface area is 370 Å². The molecule has 9 rings (SSSR count). The molecular weight excluding hydrogens is 801 g/mol. The fourth-order valence-corrected chi connectivity index (χ4v) is 7.91. The first-order valence-corrected chi connectivity index (χ1v) is 20.9. The highest BCUT2D eigenvalue weighted by Crippen LogP contribution is 2.40. The van der Waals surface area contributed by atoms with Crippen LogP contribution < -0.4 is 18.9 Å². The van der Waals surface area contributed by atoms with Crippen molar-refractivity contribution in [2.75, 3.05) is 0 Å². The zero-order chi connectivity index (χ0) is 43.8. The van der Waals surface area contributed by atoms with Gasteiger partial charge >= 0.3 is 23.9 Å². The Balaban J connectivity index is 1.24. The summed E-state index contributed by atoms with van der Waals surface area (Å²) in [5.74, 6) is -0.856. The molecule has 8 aromatic carbocycles. The fourth-order valence-electron chi connectivity index (χ4n) is 7.91. The van der Waals surface area contributed by atoms with Gasteiger partial charge in [-0.1, -0.05) is 146 Å². The lowest BCUT2D eigenvalue weighted by Gasteiger charge is -2.21. The minimum atomic E-state index is -0.547. The number of carbonyl (C=O) groups is 4. The van der Waals surface area contributed by atoms with Crippen LogP contribution in [0.25, 0.3) is 0 Å². The molecule has 8 bridgehead atoms. The Bertz CT molecular complexity index is 2510. The molecule has 0 amide bonds. The van der Waals surface area contributed by atoms with Crippen LogP contribution in [0.1, 0.15) is 85.9 Å². The Morgan fingerprint density at radius 2 is 0.406 bits per heavy atom. The van der Waals surface area contributed by atoms with Crippen molar-refractivity contribution in [3.63, 3.8) is 0 Å². The molecule has 64 heavy (non-hydrogen) atoms. The molecule has 1 aliphatic rings. The Morgan fingerprint density at radius 1 is 0.234 bits per heavy atom. The molecule has 0 saturated heterocycles. The van der Waals surface area contributed by atoms with Crippen LogP contribution in [0.4, 0.5) is 0 Å². The van der Waals surface area contributed by atoms with Crippen molar-refractivity contribution in [2.45, 2.75) is 25.7 Å². The first kappa shape index (κ1) is 41.0. The summed E-state index contributed by atoms with van der Waals surface area (Å²) < 4.78 is 25.4. The van der Waals surface area contributed by atoms with Crippen LogP contribution in [0.5, 0.6) is 23.0 Å². The van der Waals surface area contributed by atoms with E-state index < -0.39 is 23.9 Å². The van der Waals surface area contributed by atoms with Crippen molar-refractivity contribution in [1.82, 2.24) is 0 Å². The topological polar surface area (TPSA) is 105 Å². The molecule has 8 aromatic rings. The van der Waals surface area contributed by atoms with Crippen LogP contribution in [0, 0.1) is 0 Å². The van der Waals surface area contributed by atoms with Gasteiger partial charge < -0.3 is 18.9 Å². The Hall–Kier alpha value is -8.36. The van der Waals surface area contributed by atoms with E-state index in [4.69, 9.17) is 18.9 Å². The first-order valence-electron chi connectivity index (χ1n) is 20.9. The van der Waals surface area contributed by atoms with Gasteiger partial charge in [-0.15, -0.1) is 0 Å². The predicted octanol–water partition coefficient (Wildman–Crippen LogP) is 11.2. The largest absolute Gasteiger partial charge is 0.422 e. The van der Waals surface area contributed by atoms with E-state index in [0.29, 0.717) is 89.8 Å². The average Bonchev–Trinajstić information content (AvgIpc) is 3.33. The lowest BCUT2D eigenvalue weighted by atomic mass is 9.91. The van der Waals surface area contributed by atoms with Crippen molar-refractivity contribution < 1.29 is 38.1 Å². The zero-order valence-corrected chi connectivity index (χ0v) is 34.6. The van der Waals surface area contributed by atoms with Crippen LogP contribution in [0.3, 0.4) is 0 Å². The van der Waals surface area contributed by atoms with E-state index in [1.54, 1.807) is 97.1 Å². The molecule has 8 heteroatoms. The number of para-hydroxylation sites is 4. The number of hydrogen-bond donors (Lipinski definition) is 0. The SMILES string of the molecule is O=C(Oc1c2cccc1Cc1cccc(c1OC(=O)c1ccccc1)Cc1cccc(c1OC(=O)c1ccccc1)Cc1cccc(c1OC(=O)c1ccccc1)C2)c1ccccc1. The molecule has 0 aliphatic heterocycles. The predicted molar refractivity (Wildman–Crippen MR) is 243 cm³/mol. The molecule has 312 valence electrons. The van der Waals surface area contributed by atoms with Gasteiger partial charge in [-0.3, -0.25) is 0 Å². The van der Waals surface area contributed by atoms with E-state index in [1.807, 2.05) is 97.1 Å². The number of carbonyl (C=O) groups excluding carboxylic acids is 4. The van der Waals surface area contributed by atoms with Gasteiger partial charge in [0.2, 0.25) is 0 Å². The van der Waals surface area contributed by atoms with Gasteiger partial charge in [0.25, 0.3) is 0 Å². The fraction of sp³-hybridized carbons (Fsp3) is 0.0714. The number of ether oxygens (including phenoxy) is 4. The highest BCUT2D eigenvalue weighted by Gasteiger charge is 2.26. The van der Waals surface area contributed by atoms with Crippen molar-refractivity contribution in [1.29, 1.82) is 0 Å². The van der Waals surface area contributed by atoms with E-state index in [9.17, 15) is 19.2 Å². The lowest BCUT2D eigenvalue weighted by Crippen LogP contribution is -2.15. The number of fused-ring (bicyclic) bond motifs is 8. The van der Waals surface area contributed by atoms with Gasteiger partial charge in [-0.2, -0.15) is 0 Å². The second kappa shape index (κ2) is 18.7. The second-order valence-corrected chi connectivity index (χ2v) is 15.4. The zero-order valence-electron chi connectivity index (χ0n) is 34.6. The highest BCUT2D eigenvalue weighted by atomic mass is 16.5. The van der Waals surface area contributed by atoms with Crippen molar-refractivity contribution in [3.8, 4) is 23.0 Å². The third-order valence-electron chi connectivity index (χ3n) is 11.1. The smallest absolute Gasteiger partial charge is 0.343 e. The second-order valence-electron chi connectivity index (χ2n) is 15.4. The summed E-state index contributed by atoms with van der Waals surface area (Å²) in [6.45, 7) is 0. The van der Waals surface area contributed by atoms with E-state index in [1.165, 1.54) is 0 Å². The van der Waals surface area contributed by atoms with E-state index in [0.717, 1.165) is 0 Å². The first-order chi connectivity index (χ1) is 31.4. The van der Waals surface area contributed by atoms with E-state index in [-0.39, 0.29) is 25.7 Å². The summed E-state index contributed by atoms with van der Waals surface area (Å²) in [6, 6.07) is 57.7. The average molecular weight is 841 g/mol. The van der Waals surface area contributed by atoms with Gasteiger partial charge in [0.1, 0.15) is 23.0 Å². The summed E-state index contributed by atoms with van der Waals surface area (Å²) in [7, 11) is 0. The maximum Gasteiger partial charge on any atom is 0.343 e. The standard InChI is InChI=1S/C56H40O8/c57-53(37-17-5-1-6-18-37)61-49-41-25-13-26-42(49)34-44-28-15-30-46(51(44)63-55(59)39-21-9-3-10-22-39)36-48-32-16-31-47(52(48)64-56(60)40-23-11-4-12-24-40)35-45-29-14-27-43(33-41)50(45)62-54(58)38-19-7-2-8-20-38/h1-32H,33-36H2. The molecule has 8 nitrogen and oxygen atoms in total. The van der Waals surface area contributed by atoms with Gasteiger partial charge in [-0.05, 0) is 93.0 Å². The Kier molecular flexibility index (Phi) is 12.0. The third kappa shape index (κ3) is 9.12. The third-order valence-corrected chi connectivity index (χ3v) is 11.1. The van der Waals surface area contributed by atoms with Crippen LogP contribution in [-0.4, -0.2) is 23.9 Å². The van der Waals surface area contributed by atoms with E-state index in [2.05, 4.69) is 0 Å². The van der Waals surface area contributed by atoms with Gasteiger partial charge in [0.05, 0.1) is 22.3 Å². The minimum Gasteiger partial charge on any atom is -0.422 e. The maximum absolute atomic E-state index is 13.9. The molecule has 0 radical (unpaired) electrons. The van der Waals surface area contributed by atoms with Crippen LogP contribution in [0.2, 0.25) is 0 Å². The van der Waals surface area contributed by atoms with Crippen LogP contribution in [0.15, 0.2) is 194 Å². The molecule has 1 aliphatic carbocycles. The summed E-state index contributed by atoms with van der Waals surface area (Å²) in [4.78, 5) is 55.6. The molecule has 0 spiro atoms. The lowest BCUT2D eigenvalue weighted by molar-refractivity contribution is 0.0722. The Morgan fingerprint density at radius 3 is 0.578 bits per heavy atom. The van der Waals surface area contributed by atoms with Gasteiger partial charge in [0, 0.05) is 25.7 Å². The quantitative estimate of drug-likeness (QED) is 0.110. The van der Waals surface area contributed by atoms with Gasteiger partial charge in [-0.25, -0.2) is 19.2 Å². The van der Waals surface area contributed by atoms with Crippen LogP contribution in [-0.2, 0) is 25.7 Å². The highest BCUT2D eigenvalue weighted by molar-refractivity contribution is 5.93. The van der Waals surface area contributed by atoms with Crippen molar-refractivity contribution >= 4 is 23.9 Å². The molecule has 0 fully saturated rings. The molecule has 0 aromatic heterocycles. The summed E-state index contributed by atoms with van der Waals surface area (Å²) in [5, 5.41) is 0. The van der Waals surface area contributed by atoms with E-state index >= 15 is 0 Å². The monoisotopic (exact) mass is 840 g/mol. The molecule has 0 unspecified atom stereocenters. The summed E-state index contributed by atoms with van der Waals surface area (Å²) in [6.07, 6.45) is 0.787. The minimum absolute atomic E-state index is 0.197.